The van der Waals surface area contributed by atoms with Gasteiger partial charge >= 0.3 is 0 Å². The molecule has 0 radical (unpaired) electrons. The molecule has 2 heterocycles. The number of nitrogens with zero attached hydrogens (tertiary/aromatic N) is 3. The van der Waals surface area contributed by atoms with Crippen LogP contribution in [0.4, 0.5) is 26.1 Å². The van der Waals surface area contributed by atoms with Crippen molar-refractivity contribution < 1.29 is 8.78 Å². The van der Waals surface area contributed by atoms with E-state index in [9.17, 15) is 8.78 Å². The Labute approximate surface area is 147 Å². The molecule has 128 valence electrons. The van der Waals surface area contributed by atoms with Crippen LogP contribution in [0.3, 0.4) is 0 Å². The molecule has 2 aromatic heterocycles. The van der Waals surface area contributed by atoms with E-state index in [4.69, 9.17) is 5.73 Å². The number of aromatic nitrogens is 3. The number of hydrogen-bond donors (Lipinski definition) is 2. The van der Waals surface area contributed by atoms with Crippen molar-refractivity contribution in [2.45, 2.75) is 0 Å². The Balaban J connectivity index is 1.85. The monoisotopic (exact) mass is 349 g/mol. The average molecular weight is 349 g/mol. The van der Waals surface area contributed by atoms with Crippen LogP contribution in [0.2, 0.25) is 0 Å². The first-order chi connectivity index (χ1) is 12.6. The molecule has 0 aliphatic heterocycles. The van der Waals surface area contributed by atoms with Gasteiger partial charge < -0.3 is 11.1 Å². The van der Waals surface area contributed by atoms with Crippen molar-refractivity contribution in [2.24, 2.45) is 0 Å². The zero-order valence-electron chi connectivity index (χ0n) is 13.4. The number of pyridine rings is 1. The van der Waals surface area contributed by atoms with Gasteiger partial charge in [-0.1, -0.05) is 12.1 Å². The van der Waals surface area contributed by atoms with Crippen LogP contribution in [0, 0.1) is 11.6 Å². The van der Waals surface area contributed by atoms with Gasteiger partial charge in [-0.2, -0.15) is 0 Å². The smallest absolute Gasteiger partial charge is 0.162 e. The molecule has 5 nitrogen and oxygen atoms in total. The highest BCUT2D eigenvalue weighted by Crippen LogP contribution is 2.28. The van der Waals surface area contributed by atoms with E-state index < -0.39 is 11.6 Å². The van der Waals surface area contributed by atoms with Gasteiger partial charge in [-0.05, 0) is 36.4 Å². The number of benzene rings is 2. The van der Waals surface area contributed by atoms with E-state index in [0.717, 1.165) is 17.5 Å². The number of fused-ring (bicyclic) bond motifs is 1. The second kappa shape index (κ2) is 6.36. The molecule has 0 saturated carbocycles. The quantitative estimate of drug-likeness (QED) is 0.577. The number of para-hydroxylation sites is 1. The Hall–Kier alpha value is -3.61. The van der Waals surface area contributed by atoms with Crippen molar-refractivity contribution in [3.63, 3.8) is 0 Å². The molecule has 0 aliphatic rings. The molecule has 2 aromatic carbocycles. The molecule has 0 bridgehead atoms. The first-order valence-electron chi connectivity index (χ1n) is 7.81. The summed E-state index contributed by atoms with van der Waals surface area (Å²) in [5.41, 5.74) is 7.54. The summed E-state index contributed by atoms with van der Waals surface area (Å²) in [5.74, 6) is -0.559. The first-order valence-corrected chi connectivity index (χ1v) is 7.81. The summed E-state index contributed by atoms with van der Waals surface area (Å²) in [6.07, 6.45) is 1.58. The molecule has 0 fully saturated rings. The van der Waals surface area contributed by atoms with Crippen molar-refractivity contribution in [3.8, 4) is 11.4 Å². The predicted octanol–water partition coefficient (Wildman–Crippen LogP) is 4.30. The largest absolute Gasteiger partial charge is 0.384 e. The van der Waals surface area contributed by atoms with E-state index >= 15 is 0 Å². The Morgan fingerprint density at radius 3 is 2.54 bits per heavy atom. The maximum absolute atomic E-state index is 13.5. The number of nitrogen functional groups attached to an aromatic ring is 1. The summed E-state index contributed by atoms with van der Waals surface area (Å²) in [7, 11) is 0. The third-order valence-electron chi connectivity index (χ3n) is 3.82. The van der Waals surface area contributed by atoms with Gasteiger partial charge in [0, 0.05) is 28.9 Å². The van der Waals surface area contributed by atoms with Crippen molar-refractivity contribution >= 4 is 28.2 Å². The SMILES string of the molecule is Nc1cc(-c2nc(Nc3ccc(F)c(F)c3)c3ccccc3n2)ccn1. The van der Waals surface area contributed by atoms with E-state index in [-0.39, 0.29) is 0 Å². The van der Waals surface area contributed by atoms with Crippen molar-refractivity contribution in [1.29, 1.82) is 0 Å². The standard InChI is InChI=1S/C19H13F2N5/c20-14-6-5-12(10-15(14)21)24-19-13-3-1-2-4-16(13)25-18(26-19)11-7-8-23-17(22)9-11/h1-10H,(H2,22,23)(H,24,25,26). The van der Waals surface area contributed by atoms with Gasteiger partial charge in [-0.3, -0.25) is 0 Å². The van der Waals surface area contributed by atoms with Crippen LogP contribution < -0.4 is 11.1 Å². The van der Waals surface area contributed by atoms with Crippen LogP contribution in [0.1, 0.15) is 0 Å². The lowest BCUT2D eigenvalue weighted by atomic mass is 10.2. The van der Waals surface area contributed by atoms with Gasteiger partial charge in [0.25, 0.3) is 0 Å². The fourth-order valence-electron chi connectivity index (χ4n) is 2.60. The minimum Gasteiger partial charge on any atom is -0.384 e. The van der Waals surface area contributed by atoms with E-state index in [1.54, 1.807) is 18.3 Å². The van der Waals surface area contributed by atoms with Crippen molar-refractivity contribution in [3.05, 3.63) is 72.4 Å². The Kier molecular flexibility index (Phi) is 3.89. The number of nitrogens with two attached hydrogens (primary N) is 1. The molecule has 0 amide bonds. The minimum absolute atomic E-state index is 0.356. The lowest BCUT2D eigenvalue weighted by molar-refractivity contribution is 0.509. The lowest BCUT2D eigenvalue weighted by Crippen LogP contribution is -2.00. The Morgan fingerprint density at radius 1 is 0.885 bits per heavy atom. The summed E-state index contributed by atoms with van der Waals surface area (Å²) in [4.78, 5) is 13.1. The summed E-state index contributed by atoms with van der Waals surface area (Å²) in [6, 6.07) is 14.4. The molecule has 0 spiro atoms. The highest BCUT2D eigenvalue weighted by Gasteiger charge is 2.11. The molecule has 3 N–H and O–H groups in total. The van der Waals surface area contributed by atoms with Gasteiger partial charge in [-0.15, -0.1) is 0 Å². The Bertz CT molecular complexity index is 1110. The highest BCUT2D eigenvalue weighted by molar-refractivity contribution is 5.92. The Morgan fingerprint density at radius 2 is 1.73 bits per heavy atom. The van der Waals surface area contributed by atoms with Gasteiger partial charge in [-0.25, -0.2) is 23.7 Å². The fourth-order valence-corrected chi connectivity index (χ4v) is 2.60. The second-order valence-corrected chi connectivity index (χ2v) is 5.64. The molecule has 0 atom stereocenters. The zero-order chi connectivity index (χ0) is 18.1. The fraction of sp³-hybridized carbons (Fsp3) is 0. The molecule has 0 unspecified atom stereocenters. The van der Waals surface area contributed by atoms with Crippen LogP contribution in [0.15, 0.2) is 60.8 Å². The van der Waals surface area contributed by atoms with Crippen LogP contribution >= 0.6 is 0 Å². The van der Waals surface area contributed by atoms with Crippen LogP contribution in [-0.2, 0) is 0 Å². The normalized spacial score (nSPS) is 10.8. The maximum Gasteiger partial charge on any atom is 0.162 e. The number of hydrogen-bond acceptors (Lipinski definition) is 5. The topological polar surface area (TPSA) is 76.7 Å². The van der Waals surface area contributed by atoms with E-state index in [1.807, 2.05) is 24.3 Å². The van der Waals surface area contributed by atoms with Crippen LogP contribution in [0.25, 0.3) is 22.3 Å². The van der Waals surface area contributed by atoms with Crippen LogP contribution in [0.5, 0.6) is 0 Å². The molecule has 26 heavy (non-hydrogen) atoms. The number of rotatable bonds is 3. The van der Waals surface area contributed by atoms with Gasteiger partial charge in [0.15, 0.2) is 17.5 Å². The summed E-state index contributed by atoms with van der Waals surface area (Å²) in [5, 5.41) is 3.79. The highest BCUT2D eigenvalue weighted by atomic mass is 19.2. The van der Waals surface area contributed by atoms with E-state index in [2.05, 4.69) is 20.3 Å². The molecular weight excluding hydrogens is 336 g/mol. The van der Waals surface area contributed by atoms with Gasteiger partial charge in [0.1, 0.15) is 11.6 Å². The third kappa shape index (κ3) is 3.02. The third-order valence-corrected chi connectivity index (χ3v) is 3.82. The summed E-state index contributed by atoms with van der Waals surface area (Å²) in [6.45, 7) is 0. The average Bonchev–Trinajstić information content (AvgIpc) is 2.65. The van der Waals surface area contributed by atoms with E-state index in [1.165, 1.54) is 6.07 Å². The first kappa shape index (κ1) is 15.9. The van der Waals surface area contributed by atoms with E-state index in [0.29, 0.717) is 34.2 Å². The zero-order valence-corrected chi connectivity index (χ0v) is 13.4. The molecule has 4 rings (SSSR count). The van der Waals surface area contributed by atoms with Crippen molar-refractivity contribution in [1.82, 2.24) is 15.0 Å². The number of nitrogens with one attached hydrogen (secondary N) is 1. The number of anilines is 3. The summed E-state index contributed by atoms with van der Waals surface area (Å²) < 4.78 is 26.7. The molecule has 0 saturated heterocycles. The molecule has 0 aliphatic carbocycles. The maximum atomic E-state index is 13.5. The van der Waals surface area contributed by atoms with Crippen LogP contribution in [-0.4, -0.2) is 15.0 Å². The second-order valence-electron chi connectivity index (χ2n) is 5.64. The predicted molar refractivity (Wildman–Crippen MR) is 96.8 cm³/mol. The van der Waals surface area contributed by atoms with Gasteiger partial charge in [0.2, 0.25) is 0 Å². The summed E-state index contributed by atoms with van der Waals surface area (Å²) >= 11 is 0. The molecular formula is C19H13F2N5. The molecule has 4 aromatic rings. The lowest BCUT2D eigenvalue weighted by Gasteiger charge is -2.11. The molecule has 7 heteroatoms. The number of halogens is 2. The minimum atomic E-state index is -0.935. The van der Waals surface area contributed by atoms with Crippen molar-refractivity contribution in [2.75, 3.05) is 11.1 Å². The van der Waals surface area contributed by atoms with Gasteiger partial charge in [0.05, 0.1) is 5.52 Å².